The predicted octanol–water partition coefficient (Wildman–Crippen LogP) is 2.56. The Bertz CT molecular complexity index is 568. The Labute approximate surface area is 107 Å². The topological polar surface area (TPSA) is 47.0 Å². The summed E-state index contributed by atoms with van der Waals surface area (Å²) in [4.78, 5) is 12.3. The van der Waals surface area contributed by atoms with E-state index in [0.717, 1.165) is 17.3 Å². The Kier molecular flexibility index (Phi) is 3.87. The fourth-order valence-corrected chi connectivity index (χ4v) is 2.32. The van der Waals surface area contributed by atoms with E-state index in [1.54, 1.807) is 11.8 Å². The Hall–Kier alpha value is -1.55. The molecule has 0 aliphatic heterocycles. The van der Waals surface area contributed by atoms with Crippen LogP contribution in [0.4, 0.5) is 0 Å². The standard InChI is InChI=1S/C14H20N2O2/c1-10(2)8-11(9-18-3)16-14(17)12-6-4-5-7-13(12)15-16/h4-7,10-11,15H,8-9H2,1-3H3/t11-/m1/s1. The van der Waals surface area contributed by atoms with Gasteiger partial charge in [-0.3, -0.25) is 9.89 Å². The number of aromatic nitrogens is 2. The minimum atomic E-state index is 0.0355. The molecule has 18 heavy (non-hydrogen) atoms. The molecule has 0 radical (unpaired) electrons. The molecular weight excluding hydrogens is 228 g/mol. The summed E-state index contributed by atoms with van der Waals surface area (Å²) in [5, 5.41) is 3.92. The third kappa shape index (κ3) is 2.48. The first-order valence-corrected chi connectivity index (χ1v) is 6.31. The monoisotopic (exact) mass is 248 g/mol. The fraction of sp³-hybridized carbons (Fsp3) is 0.500. The summed E-state index contributed by atoms with van der Waals surface area (Å²) >= 11 is 0. The van der Waals surface area contributed by atoms with Crippen molar-refractivity contribution < 1.29 is 4.74 Å². The van der Waals surface area contributed by atoms with Crippen molar-refractivity contribution in [2.75, 3.05) is 13.7 Å². The van der Waals surface area contributed by atoms with Crippen molar-refractivity contribution in [3.05, 3.63) is 34.6 Å². The molecule has 4 nitrogen and oxygen atoms in total. The summed E-state index contributed by atoms with van der Waals surface area (Å²) in [7, 11) is 1.67. The molecule has 4 heteroatoms. The van der Waals surface area contributed by atoms with Crippen molar-refractivity contribution in [1.82, 2.24) is 9.78 Å². The lowest BCUT2D eigenvalue weighted by Crippen LogP contribution is -2.26. The highest BCUT2D eigenvalue weighted by Crippen LogP contribution is 2.17. The SMILES string of the molecule is COC[C@@H](CC(C)C)n1[nH]c2ccccc2c1=O. The molecule has 0 aliphatic rings. The van der Waals surface area contributed by atoms with Crippen LogP contribution in [0.2, 0.25) is 0 Å². The van der Waals surface area contributed by atoms with Crippen LogP contribution in [0, 0.1) is 5.92 Å². The summed E-state index contributed by atoms with van der Waals surface area (Å²) < 4.78 is 6.93. The van der Waals surface area contributed by atoms with Gasteiger partial charge in [-0.25, -0.2) is 4.68 Å². The van der Waals surface area contributed by atoms with E-state index in [0.29, 0.717) is 12.5 Å². The van der Waals surface area contributed by atoms with Crippen molar-refractivity contribution in [2.45, 2.75) is 26.3 Å². The third-order valence-electron chi connectivity index (χ3n) is 3.08. The van der Waals surface area contributed by atoms with Crippen LogP contribution in [0.5, 0.6) is 0 Å². The molecule has 0 saturated carbocycles. The quantitative estimate of drug-likeness (QED) is 0.884. The fourth-order valence-electron chi connectivity index (χ4n) is 2.32. The highest BCUT2D eigenvalue weighted by Gasteiger charge is 2.17. The molecule has 0 bridgehead atoms. The molecule has 1 heterocycles. The molecule has 1 aromatic heterocycles. The van der Waals surface area contributed by atoms with Gasteiger partial charge in [0.2, 0.25) is 0 Å². The number of fused-ring (bicyclic) bond motifs is 1. The molecule has 98 valence electrons. The van der Waals surface area contributed by atoms with Gasteiger partial charge < -0.3 is 4.74 Å². The highest BCUT2D eigenvalue weighted by molar-refractivity contribution is 5.77. The van der Waals surface area contributed by atoms with Gasteiger partial charge in [-0.15, -0.1) is 0 Å². The molecule has 1 atom stereocenters. The van der Waals surface area contributed by atoms with Crippen LogP contribution in [0.25, 0.3) is 10.9 Å². The minimum absolute atomic E-state index is 0.0355. The number of hydrogen-bond acceptors (Lipinski definition) is 2. The molecule has 1 aromatic carbocycles. The van der Waals surface area contributed by atoms with E-state index in [1.165, 1.54) is 0 Å². The van der Waals surface area contributed by atoms with Crippen molar-refractivity contribution in [1.29, 1.82) is 0 Å². The average Bonchev–Trinajstić information content (AvgIpc) is 2.66. The third-order valence-corrected chi connectivity index (χ3v) is 3.08. The molecule has 0 aliphatic carbocycles. The number of para-hydroxylation sites is 1. The molecule has 0 amide bonds. The molecule has 0 spiro atoms. The Morgan fingerprint density at radius 2 is 2.06 bits per heavy atom. The van der Waals surface area contributed by atoms with Gasteiger partial charge in [0.05, 0.1) is 23.6 Å². The van der Waals surface area contributed by atoms with Crippen molar-refractivity contribution in [3.63, 3.8) is 0 Å². The average molecular weight is 248 g/mol. The van der Waals surface area contributed by atoms with Gasteiger partial charge in [-0.2, -0.15) is 0 Å². The Balaban J connectivity index is 2.43. The first-order valence-electron chi connectivity index (χ1n) is 6.31. The van der Waals surface area contributed by atoms with E-state index < -0.39 is 0 Å². The van der Waals surface area contributed by atoms with Crippen LogP contribution in [-0.2, 0) is 4.74 Å². The summed E-state index contributed by atoms with van der Waals surface area (Å²) in [6.07, 6.45) is 0.917. The molecule has 2 rings (SSSR count). The first-order chi connectivity index (χ1) is 8.63. The maximum atomic E-state index is 12.3. The second-order valence-corrected chi connectivity index (χ2v) is 5.07. The molecule has 1 N–H and O–H groups in total. The van der Waals surface area contributed by atoms with E-state index >= 15 is 0 Å². The summed E-state index contributed by atoms with van der Waals surface area (Å²) in [5.74, 6) is 0.517. The van der Waals surface area contributed by atoms with Crippen molar-refractivity contribution in [2.24, 2.45) is 5.92 Å². The smallest absolute Gasteiger partial charge is 0.274 e. The van der Waals surface area contributed by atoms with Crippen molar-refractivity contribution >= 4 is 10.9 Å². The van der Waals surface area contributed by atoms with E-state index in [1.807, 2.05) is 24.3 Å². The van der Waals surface area contributed by atoms with E-state index in [2.05, 4.69) is 18.9 Å². The lowest BCUT2D eigenvalue weighted by atomic mass is 10.0. The number of ether oxygens (including phenoxy) is 1. The van der Waals surface area contributed by atoms with Crippen LogP contribution in [0.15, 0.2) is 29.1 Å². The predicted molar refractivity (Wildman–Crippen MR) is 72.9 cm³/mol. The zero-order chi connectivity index (χ0) is 13.1. The van der Waals surface area contributed by atoms with Gasteiger partial charge in [-0.1, -0.05) is 26.0 Å². The maximum absolute atomic E-state index is 12.3. The maximum Gasteiger partial charge on any atom is 0.274 e. The number of H-pyrrole nitrogens is 1. The number of hydrogen-bond donors (Lipinski definition) is 1. The van der Waals surface area contributed by atoms with E-state index in [-0.39, 0.29) is 11.6 Å². The number of rotatable bonds is 5. The van der Waals surface area contributed by atoms with Crippen LogP contribution < -0.4 is 5.56 Å². The van der Waals surface area contributed by atoms with Crippen LogP contribution >= 0.6 is 0 Å². The second kappa shape index (κ2) is 5.40. The minimum Gasteiger partial charge on any atom is -0.382 e. The summed E-state index contributed by atoms with van der Waals surface area (Å²) in [6, 6.07) is 7.65. The first kappa shape index (κ1) is 12.9. The second-order valence-electron chi connectivity index (χ2n) is 5.07. The van der Waals surface area contributed by atoms with Gasteiger partial charge in [0.1, 0.15) is 0 Å². The summed E-state index contributed by atoms with van der Waals surface area (Å²) in [5.41, 5.74) is 0.917. The molecular formula is C14H20N2O2. The lowest BCUT2D eigenvalue weighted by Gasteiger charge is -2.18. The molecule has 0 unspecified atom stereocenters. The normalized spacial score (nSPS) is 13.3. The number of methoxy groups -OCH3 is 1. The largest absolute Gasteiger partial charge is 0.382 e. The highest BCUT2D eigenvalue weighted by atomic mass is 16.5. The van der Waals surface area contributed by atoms with E-state index in [9.17, 15) is 4.79 Å². The van der Waals surface area contributed by atoms with Gasteiger partial charge in [-0.05, 0) is 24.5 Å². The molecule has 0 fully saturated rings. The van der Waals surface area contributed by atoms with Crippen LogP contribution in [0.1, 0.15) is 26.3 Å². The lowest BCUT2D eigenvalue weighted by molar-refractivity contribution is 0.137. The molecule has 2 aromatic rings. The number of nitrogens with zero attached hydrogens (tertiary/aromatic N) is 1. The van der Waals surface area contributed by atoms with Gasteiger partial charge >= 0.3 is 0 Å². The number of nitrogens with one attached hydrogen (secondary N) is 1. The van der Waals surface area contributed by atoms with Gasteiger partial charge in [0, 0.05) is 7.11 Å². The number of aromatic amines is 1. The van der Waals surface area contributed by atoms with Gasteiger partial charge in [0.25, 0.3) is 5.56 Å². The number of benzene rings is 1. The Morgan fingerprint density at radius 1 is 1.33 bits per heavy atom. The zero-order valence-electron chi connectivity index (χ0n) is 11.1. The van der Waals surface area contributed by atoms with Crippen LogP contribution in [-0.4, -0.2) is 23.5 Å². The van der Waals surface area contributed by atoms with Gasteiger partial charge in [0.15, 0.2) is 0 Å². The molecule has 0 saturated heterocycles. The van der Waals surface area contributed by atoms with Crippen molar-refractivity contribution in [3.8, 4) is 0 Å². The zero-order valence-corrected chi connectivity index (χ0v) is 11.1. The Morgan fingerprint density at radius 3 is 2.67 bits per heavy atom. The van der Waals surface area contributed by atoms with E-state index in [4.69, 9.17) is 4.74 Å². The van der Waals surface area contributed by atoms with Crippen LogP contribution in [0.3, 0.4) is 0 Å². The summed E-state index contributed by atoms with van der Waals surface area (Å²) in [6.45, 7) is 4.84.